The summed E-state index contributed by atoms with van der Waals surface area (Å²) in [6.45, 7) is 2.22. The highest BCUT2D eigenvalue weighted by Gasteiger charge is 2.32. The topological polar surface area (TPSA) is 97.0 Å². The summed E-state index contributed by atoms with van der Waals surface area (Å²) in [7, 11) is 1.56. The molecule has 134 valence electrons. The van der Waals surface area contributed by atoms with Gasteiger partial charge in [-0.25, -0.2) is 9.97 Å². The molecule has 0 radical (unpaired) electrons. The number of methoxy groups -OCH3 is 1. The maximum absolute atomic E-state index is 12.0. The maximum atomic E-state index is 12.0. The van der Waals surface area contributed by atoms with Crippen LogP contribution < -0.4 is 10.9 Å². The second-order valence-electron chi connectivity index (χ2n) is 6.03. The fraction of sp³-hybridized carbons (Fsp3) is 0.500. The summed E-state index contributed by atoms with van der Waals surface area (Å²) < 4.78 is 5.93. The van der Waals surface area contributed by atoms with Gasteiger partial charge in [0.15, 0.2) is 4.34 Å². The summed E-state index contributed by atoms with van der Waals surface area (Å²) in [4.78, 5) is 35.1. The van der Waals surface area contributed by atoms with E-state index >= 15 is 0 Å². The van der Waals surface area contributed by atoms with Crippen LogP contribution in [0, 0.1) is 6.92 Å². The summed E-state index contributed by atoms with van der Waals surface area (Å²) in [5, 5.41) is 5.00. The highest BCUT2D eigenvalue weighted by molar-refractivity contribution is 8.01. The molecular formula is C16H20N4O3S2. The predicted molar refractivity (Wildman–Crippen MR) is 97.1 cm³/mol. The molecule has 0 aliphatic heterocycles. The van der Waals surface area contributed by atoms with Crippen molar-refractivity contribution in [1.29, 1.82) is 0 Å². The number of amides is 1. The molecule has 2 heterocycles. The van der Waals surface area contributed by atoms with Gasteiger partial charge in [-0.3, -0.25) is 9.59 Å². The number of carbonyl (C=O) groups excluding carboxylic acids is 1. The Morgan fingerprint density at radius 1 is 1.48 bits per heavy atom. The van der Waals surface area contributed by atoms with Gasteiger partial charge >= 0.3 is 0 Å². The standard InChI is InChI=1S/C16H20N4O3S2/c1-9-7-24-16(17-9)25-8-15(22)18-11-3-10(4-11)12-5-14(21)20-13(19-12)6-23-2/h5,7,10-11H,3-4,6,8H2,1-2H3,(H,18,22)(H,19,20,21). The summed E-state index contributed by atoms with van der Waals surface area (Å²) in [6, 6.07) is 1.67. The van der Waals surface area contributed by atoms with Crippen LogP contribution in [0.4, 0.5) is 0 Å². The Morgan fingerprint density at radius 2 is 2.28 bits per heavy atom. The van der Waals surface area contributed by atoms with Crippen molar-refractivity contribution in [3.05, 3.63) is 39.0 Å². The number of hydrogen-bond acceptors (Lipinski definition) is 7. The lowest BCUT2D eigenvalue weighted by Crippen LogP contribution is -2.44. The highest BCUT2D eigenvalue weighted by Crippen LogP contribution is 2.35. The molecule has 25 heavy (non-hydrogen) atoms. The molecular weight excluding hydrogens is 360 g/mol. The smallest absolute Gasteiger partial charge is 0.251 e. The van der Waals surface area contributed by atoms with Crippen molar-refractivity contribution in [2.45, 2.75) is 42.7 Å². The third kappa shape index (κ3) is 4.90. The second-order valence-corrected chi connectivity index (χ2v) is 8.11. The number of rotatable bonds is 7. The van der Waals surface area contributed by atoms with E-state index in [4.69, 9.17) is 4.74 Å². The highest BCUT2D eigenvalue weighted by atomic mass is 32.2. The van der Waals surface area contributed by atoms with Crippen LogP contribution in [0.15, 0.2) is 20.6 Å². The van der Waals surface area contributed by atoms with Gasteiger partial charge in [-0.05, 0) is 19.8 Å². The molecule has 1 amide bonds. The van der Waals surface area contributed by atoms with E-state index in [9.17, 15) is 9.59 Å². The quantitative estimate of drug-likeness (QED) is 0.712. The molecule has 0 atom stereocenters. The molecule has 2 aromatic rings. The number of aromatic amines is 1. The Balaban J connectivity index is 1.46. The van der Waals surface area contributed by atoms with Crippen molar-refractivity contribution in [3.8, 4) is 0 Å². The van der Waals surface area contributed by atoms with Crippen LogP contribution in [0.5, 0.6) is 0 Å². The van der Waals surface area contributed by atoms with Gasteiger partial charge in [-0.15, -0.1) is 11.3 Å². The molecule has 0 unspecified atom stereocenters. The van der Waals surface area contributed by atoms with Crippen molar-refractivity contribution in [2.75, 3.05) is 12.9 Å². The second kappa shape index (κ2) is 8.11. The van der Waals surface area contributed by atoms with E-state index in [2.05, 4.69) is 20.3 Å². The van der Waals surface area contributed by atoms with Crippen molar-refractivity contribution in [2.24, 2.45) is 0 Å². The van der Waals surface area contributed by atoms with Crippen LogP contribution in [0.1, 0.15) is 36.0 Å². The van der Waals surface area contributed by atoms with Crippen LogP contribution in [0.3, 0.4) is 0 Å². The van der Waals surface area contributed by atoms with E-state index in [0.717, 1.165) is 28.6 Å². The minimum absolute atomic E-state index is 0.0141. The van der Waals surface area contributed by atoms with E-state index < -0.39 is 0 Å². The number of ether oxygens (including phenoxy) is 1. The Morgan fingerprint density at radius 3 is 2.96 bits per heavy atom. The first-order valence-electron chi connectivity index (χ1n) is 7.97. The molecule has 0 aromatic carbocycles. The monoisotopic (exact) mass is 380 g/mol. The number of thioether (sulfide) groups is 1. The van der Waals surface area contributed by atoms with Gasteiger partial charge in [-0.2, -0.15) is 0 Å². The van der Waals surface area contributed by atoms with Crippen molar-refractivity contribution in [3.63, 3.8) is 0 Å². The minimum Gasteiger partial charge on any atom is -0.377 e. The fourth-order valence-corrected chi connectivity index (χ4v) is 4.38. The van der Waals surface area contributed by atoms with E-state index in [1.807, 2.05) is 12.3 Å². The lowest BCUT2D eigenvalue weighted by molar-refractivity contribution is -0.119. The lowest BCUT2D eigenvalue weighted by atomic mass is 9.78. The van der Waals surface area contributed by atoms with E-state index in [-0.39, 0.29) is 30.0 Å². The Hall–Kier alpha value is -1.71. The third-order valence-electron chi connectivity index (χ3n) is 3.94. The Labute approximate surface area is 153 Å². The molecule has 9 heteroatoms. The zero-order chi connectivity index (χ0) is 17.8. The number of hydrogen-bond donors (Lipinski definition) is 2. The largest absolute Gasteiger partial charge is 0.377 e. The first kappa shape index (κ1) is 18.1. The first-order chi connectivity index (χ1) is 12.0. The molecule has 0 spiro atoms. The summed E-state index contributed by atoms with van der Waals surface area (Å²) in [5.74, 6) is 1.13. The third-order valence-corrected chi connectivity index (χ3v) is 6.08. The number of carbonyl (C=O) groups is 1. The van der Waals surface area contributed by atoms with Gasteiger partial charge in [0.25, 0.3) is 5.56 Å². The molecule has 1 aliphatic rings. The number of aromatic nitrogens is 3. The van der Waals surface area contributed by atoms with E-state index in [1.54, 1.807) is 18.4 Å². The summed E-state index contributed by atoms with van der Waals surface area (Å²) >= 11 is 3.01. The van der Waals surface area contributed by atoms with Crippen LogP contribution in [-0.4, -0.2) is 39.8 Å². The zero-order valence-corrected chi connectivity index (χ0v) is 15.7. The number of aryl methyl sites for hydroxylation is 1. The molecule has 1 fully saturated rings. The molecule has 0 saturated heterocycles. The predicted octanol–water partition coefficient (Wildman–Crippen LogP) is 1.84. The molecule has 1 aliphatic carbocycles. The average Bonchev–Trinajstić information content (AvgIpc) is 2.93. The Kier molecular flexibility index (Phi) is 5.87. The van der Waals surface area contributed by atoms with Crippen LogP contribution in [0.2, 0.25) is 0 Å². The molecule has 1 saturated carbocycles. The fourth-order valence-electron chi connectivity index (χ4n) is 2.72. The van der Waals surface area contributed by atoms with Crippen molar-refractivity contribution in [1.82, 2.24) is 20.3 Å². The van der Waals surface area contributed by atoms with Gasteiger partial charge in [0, 0.05) is 36.2 Å². The molecule has 2 N–H and O–H groups in total. The van der Waals surface area contributed by atoms with Gasteiger partial charge in [0.1, 0.15) is 12.4 Å². The SMILES string of the molecule is COCc1nc(C2CC(NC(=O)CSc3nc(C)cs3)C2)cc(=O)[nH]1. The van der Waals surface area contributed by atoms with Gasteiger partial charge in [0.2, 0.25) is 5.91 Å². The molecule has 7 nitrogen and oxygen atoms in total. The lowest BCUT2D eigenvalue weighted by Gasteiger charge is -2.35. The molecule has 2 aromatic heterocycles. The van der Waals surface area contributed by atoms with Crippen LogP contribution in [-0.2, 0) is 16.1 Å². The minimum atomic E-state index is -0.167. The zero-order valence-electron chi connectivity index (χ0n) is 14.1. The maximum Gasteiger partial charge on any atom is 0.251 e. The average molecular weight is 380 g/mol. The summed E-state index contributed by atoms with van der Waals surface area (Å²) in [6.07, 6.45) is 1.60. The number of nitrogens with zero attached hydrogens (tertiary/aromatic N) is 2. The Bertz CT molecular complexity index is 799. The first-order valence-corrected chi connectivity index (χ1v) is 9.83. The van der Waals surface area contributed by atoms with Crippen LogP contribution >= 0.6 is 23.1 Å². The van der Waals surface area contributed by atoms with E-state index in [1.165, 1.54) is 17.8 Å². The van der Waals surface area contributed by atoms with Gasteiger partial charge in [0.05, 0.1) is 11.4 Å². The molecule has 3 rings (SSSR count). The molecule has 0 bridgehead atoms. The van der Waals surface area contributed by atoms with Crippen LogP contribution in [0.25, 0.3) is 0 Å². The van der Waals surface area contributed by atoms with Gasteiger partial charge < -0.3 is 15.0 Å². The van der Waals surface area contributed by atoms with Crippen molar-refractivity contribution >= 4 is 29.0 Å². The number of H-pyrrole nitrogens is 1. The summed E-state index contributed by atoms with van der Waals surface area (Å²) in [5.41, 5.74) is 1.58. The number of thiazole rings is 1. The van der Waals surface area contributed by atoms with Crippen molar-refractivity contribution < 1.29 is 9.53 Å². The normalized spacial score (nSPS) is 19.4. The van der Waals surface area contributed by atoms with E-state index in [0.29, 0.717) is 11.6 Å². The van der Waals surface area contributed by atoms with Gasteiger partial charge in [-0.1, -0.05) is 11.8 Å². The number of nitrogens with one attached hydrogen (secondary N) is 2.